The van der Waals surface area contributed by atoms with Crippen LogP contribution in [0.1, 0.15) is 31.4 Å². The smallest absolute Gasteiger partial charge is 0.0466 e. The first-order valence-corrected chi connectivity index (χ1v) is 7.75. The third-order valence-corrected chi connectivity index (χ3v) is 3.75. The largest absolute Gasteiger partial charge is 0.382 e. The van der Waals surface area contributed by atoms with Crippen LogP contribution in [0.3, 0.4) is 0 Å². The van der Waals surface area contributed by atoms with E-state index in [4.69, 9.17) is 4.74 Å². The van der Waals surface area contributed by atoms with E-state index in [-0.39, 0.29) is 0 Å². The molecule has 2 nitrogen and oxygen atoms in total. The van der Waals surface area contributed by atoms with Crippen LogP contribution in [0.2, 0.25) is 0 Å². The van der Waals surface area contributed by atoms with E-state index in [2.05, 4.69) is 53.8 Å². The number of rotatable bonds is 8. The summed E-state index contributed by atoms with van der Waals surface area (Å²) in [5.41, 5.74) is 3.87. The normalized spacial score (nSPS) is 12.3. The average Bonchev–Trinajstić information content (AvgIpc) is 2.56. The molecule has 1 atom stereocenters. The highest BCUT2D eigenvalue weighted by atomic mass is 16.5. The minimum Gasteiger partial charge on any atom is -0.382 e. The molecular formula is C19H25NO. The van der Waals surface area contributed by atoms with Gasteiger partial charge in [0.2, 0.25) is 0 Å². The first kappa shape index (κ1) is 15.7. The summed E-state index contributed by atoms with van der Waals surface area (Å²) in [6.45, 7) is 3.69. The van der Waals surface area contributed by atoms with Gasteiger partial charge in [0.1, 0.15) is 0 Å². The summed E-state index contributed by atoms with van der Waals surface area (Å²) in [5.74, 6) is 0. The van der Waals surface area contributed by atoms with Crippen molar-refractivity contribution in [2.24, 2.45) is 0 Å². The molecule has 0 aliphatic heterocycles. The number of hydrogen-bond acceptors (Lipinski definition) is 2. The van der Waals surface area contributed by atoms with Gasteiger partial charge in [0.05, 0.1) is 0 Å². The minimum absolute atomic E-state index is 0.398. The second-order valence-electron chi connectivity index (χ2n) is 5.17. The zero-order chi connectivity index (χ0) is 14.9. The van der Waals surface area contributed by atoms with Gasteiger partial charge in [-0.3, -0.25) is 0 Å². The van der Waals surface area contributed by atoms with Crippen LogP contribution in [0, 0.1) is 0 Å². The Hall–Kier alpha value is -1.64. The molecule has 1 unspecified atom stereocenters. The van der Waals surface area contributed by atoms with Crippen molar-refractivity contribution in [1.82, 2.24) is 5.32 Å². The number of hydrogen-bond donors (Lipinski definition) is 1. The van der Waals surface area contributed by atoms with E-state index >= 15 is 0 Å². The summed E-state index contributed by atoms with van der Waals surface area (Å²) in [6, 6.07) is 19.8. The molecule has 1 N–H and O–H groups in total. The van der Waals surface area contributed by atoms with Gasteiger partial charge in [-0.15, -0.1) is 0 Å². The van der Waals surface area contributed by atoms with E-state index < -0.39 is 0 Å². The van der Waals surface area contributed by atoms with Crippen LogP contribution >= 0.6 is 0 Å². The Morgan fingerprint density at radius 3 is 2.24 bits per heavy atom. The highest BCUT2D eigenvalue weighted by Crippen LogP contribution is 2.23. The number of ether oxygens (including phenoxy) is 1. The molecule has 0 radical (unpaired) electrons. The summed E-state index contributed by atoms with van der Waals surface area (Å²) in [4.78, 5) is 0. The third-order valence-electron chi connectivity index (χ3n) is 3.75. The molecule has 0 fully saturated rings. The topological polar surface area (TPSA) is 21.3 Å². The molecule has 0 saturated carbocycles. The minimum atomic E-state index is 0.398. The third kappa shape index (κ3) is 4.69. The van der Waals surface area contributed by atoms with Crippen LogP contribution in [-0.2, 0) is 4.74 Å². The molecule has 0 aliphatic carbocycles. The molecule has 0 saturated heterocycles. The Kier molecular flexibility index (Phi) is 6.45. The molecule has 0 amide bonds. The summed E-state index contributed by atoms with van der Waals surface area (Å²) < 4.78 is 5.41. The predicted octanol–water partition coefficient (Wildman–Crippen LogP) is 4.43. The summed E-state index contributed by atoms with van der Waals surface area (Å²) in [5, 5.41) is 3.40. The first-order valence-electron chi connectivity index (χ1n) is 7.75. The van der Waals surface area contributed by atoms with Crippen molar-refractivity contribution in [1.29, 1.82) is 0 Å². The van der Waals surface area contributed by atoms with E-state index in [1.807, 2.05) is 20.0 Å². The van der Waals surface area contributed by atoms with Gasteiger partial charge in [-0.1, -0.05) is 54.6 Å². The van der Waals surface area contributed by atoms with Crippen molar-refractivity contribution in [2.75, 3.05) is 20.3 Å². The van der Waals surface area contributed by atoms with Gasteiger partial charge in [-0.25, -0.2) is 0 Å². The van der Waals surface area contributed by atoms with Crippen LogP contribution in [0.15, 0.2) is 54.6 Å². The Morgan fingerprint density at radius 2 is 1.62 bits per heavy atom. The van der Waals surface area contributed by atoms with E-state index in [0.717, 1.165) is 26.1 Å². The van der Waals surface area contributed by atoms with E-state index in [9.17, 15) is 0 Å². The van der Waals surface area contributed by atoms with Crippen molar-refractivity contribution < 1.29 is 4.74 Å². The van der Waals surface area contributed by atoms with Gasteiger partial charge in [-0.2, -0.15) is 0 Å². The maximum absolute atomic E-state index is 5.41. The monoisotopic (exact) mass is 283 g/mol. The molecule has 2 rings (SSSR count). The summed E-state index contributed by atoms with van der Waals surface area (Å²) >= 11 is 0. The number of benzene rings is 2. The fourth-order valence-corrected chi connectivity index (χ4v) is 2.55. The molecule has 0 heterocycles. The molecule has 2 heteroatoms. The Balaban J connectivity index is 1.99. The molecule has 0 spiro atoms. The fourth-order valence-electron chi connectivity index (χ4n) is 2.55. The second kappa shape index (κ2) is 8.60. The molecule has 112 valence electrons. The first-order chi connectivity index (χ1) is 10.3. The second-order valence-corrected chi connectivity index (χ2v) is 5.17. The molecule has 0 aliphatic rings. The lowest BCUT2D eigenvalue weighted by molar-refractivity contribution is 0.141. The van der Waals surface area contributed by atoms with Crippen molar-refractivity contribution in [2.45, 2.75) is 25.8 Å². The van der Waals surface area contributed by atoms with Gasteiger partial charge in [-0.05, 0) is 43.5 Å². The van der Waals surface area contributed by atoms with Gasteiger partial charge >= 0.3 is 0 Å². The summed E-state index contributed by atoms with van der Waals surface area (Å²) in [7, 11) is 2.02. The molecule has 0 aromatic heterocycles. The van der Waals surface area contributed by atoms with Crippen molar-refractivity contribution >= 4 is 0 Å². The Morgan fingerprint density at radius 1 is 0.952 bits per heavy atom. The predicted molar refractivity (Wildman–Crippen MR) is 89.4 cm³/mol. The van der Waals surface area contributed by atoms with Crippen LogP contribution in [-0.4, -0.2) is 20.3 Å². The summed E-state index contributed by atoms with van der Waals surface area (Å²) in [6.07, 6.45) is 2.18. The zero-order valence-corrected chi connectivity index (χ0v) is 13.0. The lowest BCUT2D eigenvalue weighted by atomic mass is 9.98. The standard InChI is InChI=1S/C19H25NO/c1-3-21-15-7-10-19(20-2)18-13-11-17(12-14-18)16-8-5-4-6-9-16/h4-6,8-9,11-14,19-20H,3,7,10,15H2,1-2H3. The van der Waals surface area contributed by atoms with Crippen LogP contribution in [0.4, 0.5) is 0 Å². The van der Waals surface area contributed by atoms with Gasteiger partial charge in [0, 0.05) is 19.3 Å². The lowest BCUT2D eigenvalue weighted by Gasteiger charge is -2.17. The van der Waals surface area contributed by atoms with Crippen molar-refractivity contribution in [3.05, 3.63) is 60.2 Å². The van der Waals surface area contributed by atoms with Gasteiger partial charge in [0.15, 0.2) is 0 Å². The van der Waals surface area contributed by atoms with Gasteiger partial charge in [0.25, 0.3) is 0 Å². The van der Waals surface area contributed by atoms with Crippen molar-refractivity contribution in [3.63, 3.8) is 0 Å². The maximum Gasteiger partial charge on any atom is 0.0466 e. The highest BCUT2D eigenvalue weighted by Gasteiger charge is 2.09. The van der Waals surface area contributed by atoms with Gasteiger partial charge < -0.3 is 10.1 Å². The SMILES string of the molecule is CCOCCCC(NC)c1ccc(-c2ccccc2)cc1. The van der Waals surface area contributed by atoms with E-state index in [1.165, 1.54) is 16.7 Å². The average molecular weight is 283 g/mol. The lowest BCUT2D eigenvalue weighted by Crippen LogP contribution is -2.16. The fraction of sp³-hybridized carbons (Fsp3) is 0.368. The molecule has 21 heavy (non-hydrogen) atoms. The van der Waals surface area contributed by atoms with Crippen LogP contribution in [0.25, 0.3) is 11.1 Å². The maximum atomic E-state index is 5.41. The van der Waals surface area contributed by atoms with Crippen LogP contribution in [0.5, 0.6) is 0 Å². The quantitative estimate of drug-likeness (QED) is 0.724. The van der Waals surface area contributed by atoms with Crippen LogP contribution < -0.4 is 5.32 Å². The highest BCUT2D eigenvalue weighted by molar-refractivity contribution is 5.63. The Bertz CT molecular complexity index is 507. The van der Waals surface area contributed by atoms with Crippen molar-refractivity contribution in [3.8, 4) is 11.1 Å². The molecule has 2 aromatic rings. The molecule has 0 bridgehead atoms. The molecule has 2 aromatic carbocycles. The Labute approximate surface area is 128 Å². The zero-order valence-electron chi connectivity index (χ0n) is 13.0. The van der Waals surface area contributed by atoms with E-state index in [0.29, 0.717) is 6.04 Å². The molecular weight excluding hydrogens is 258 g/mol. The number of nitrogens with one attached hydrogen (secondary N) is 1. The van der Waals surface area contributed by atoms with E-state index in [1.54, 1.807) is 0 Å².